The maximum absolute atomic E-state index is 5.58. The Morgan fingerprint density at radius 2 is 1.57 bits per heavy atom. The zero-order chi connectivity index (χ0) is 25.6. The van der Waals surface area contributed by atoms with Crippen molar-refractivity contribution in [3.05, 3.63) is 54.2 Å². The maximum atomic E-state index is 5.58. The maximum Gasteiger partial charge on any atom is 0.229 e. The quantitative estimate of drug-likeness (QED) is 0.481. The van der Waals surface area contributed by atoms with Gasteiger partial charge >= 0.3 is 0 Å². The van der Waals surface area contributed by atoms with E-state index in [0.29, 0.717) is 5.95 Å². The summed E-state index contributed by atoms with van der Waals surface area (Å²) < 4.78 is 16.6. The molecule has 0 spiro atoms. The van der Waals surface area contributed by atoms with Crippen LogP contribution in [0.3, 0.4) is 0 Å². The van der Waals surface area contributed by atoms with E-state index in [-0.39, 0.29) is 0 Å². The molecular formula is C28H36N6O3. The molecule has 9 nitrogen and oxygen atoms in total. The van der Waals surface area contributed by atoms with Gasteiger partial charge in [-0.25, -0.2) is 4.98 Å². The molecule has 2 aromatic carbocycles. The molecule has 2 aliphatic rings. The van der Waals surface area contributed by atoms with Crippen LogP contribution in [0.5, 0.6) is 5.75 Å². The highest BCUT2D eigenvalue weighted by Crippen LogP contribution is 2.33. The molecular weight excluding hydrogens is 468 g/mol. The number of nitrogens with one attached hydrogen (secondary N) is 1. The third kappa shape index (κ3) is 5.89. The van der Waals surface area contributed by atoms with Gasteiger partial charge in [0.1, 0.15) is 11.6 Å². The molecule has 2 saturated heterocycles. The lowest BCUT2D eigenvalue weighted by Crippen LogP contribution is -2.38. The van der Waals surface area contributed by atoms with Crippen molar-refractivity contribution in [2.45, 2.75) is 13.8 Å². The van der Waals surface area contributed by atoms with E-state index in [0.717, 1.165) is 87.7 Å². The smallest absolute Gasteiger partial charge is 0.229 e. The predicted molar refractivity (Wildman–Crippen MR) is 148 cm³/mol. The van der Waals surface area contributed by atoms with Gasteiger partial charge in [-0.2, -0.15) is 4.98 Å². The van der Waals surface area contributed by atoms with E-state index in [2.05, 4.69) is 69.2 Å². The molecule has 196 valence electrons. The zero-order valence-electron chi connectivity index (χ0n) is 21.9. The second-order valence-corrected chi connectivity index (χ2v) is 9.20. The van der Waals surface area contributed by atoms with Crippen molar-refractivity contribution < 1.29 is 14.2 Å². The fraction of sp³-hybridized carbons (Fsp3) is 0.429. The number of nitrogens with zero attached hydrogens (tertiary/aromatic N) is 5. The molecule has 0 amide bonds. The number of aromatic nitrogens is 2. The van der Waals surface area contributed by atoms with Crippen molar-refractivity contribution in [2.75, 3.05) is 86.3 Å². The van der Waals surface area contributed by atoms with Crippen molar-refractivity contribution in [3.63, 3.8) is 0 Å². The second-order valence-electron chi connectivity index (χ2n) is 9.20. The number of rotatable bonds is 8. The van der Waals surface area contributed by atoms with E-state index in [1.807, 2.05) is 12.1 Å². The normalized spacial score (nSPS) is 16.0. The molecule has 0 saturated carbocycles. The summed E-state index contributed by atoms with van der Waals surface area (Å²) in [6, 6.07) is 14.7. The van der Waals surface area contributed by atoms with Crippen molar-refractivity contribution in [1.29, 1.82) is 0 Å². The molecule has 0 bridgehead atoms. The van der Waals surface area contributed by atoms with Gasteiger partial charge in [-0.15, -0.1) is 0 Å². The van der Waals surface area contributed by atoms with Crippen LogP contribution in [-0.4, -0.2) is 76.2 Å². The Balaban J connectivity index is 1.44. The zero-order valence-corrected chi connectivity index (χ0v) is 21.9. The number of hydrogen-bond donors (Lipinski definition) is 1. The largest absolute Gasteiger partial charge is 0.497 e. The minimum Gasteiger partial charge on any atom is -0.497 e. The Labute approximate surface area is 219 Å². The van der Waals surface area contributed by atoms with Crippen LogP contribution in [0.1, 0.15) is 12.5 Å². The lowest BCUT2D eigenvalue weighted by atomic mass is 10.1. The summed E-state index contributed by atoms with van der Waals surface area (Å²) in [5.41, 5.74) is 5.53. The SMILES string of the molecule is CCN(c1ccnc(Nc2cc(N3CCOCC3)cc(N3CCOCC3)c2)n1)c1cc(OC)ccc1C. The summed E-state index contributed by atoms with van der Waals surface area (Å²) in [7, 11) is 1.69. The molecule has 2 aliphatic heterocycles. The van der Waals surface area contributed by atoms with Crippen molar-refractivity contribution in [2.24, 2.45) is 0 Å². The van der Waals surface area contributed by atoms with Crippen LogP contribution < -0.4 is 24.8 Å². The van der Waals surface area contributed by atoms with Gasteiger partial charge in [0.25, 0.3) is 0 Å². The van der Waals surface area contributed by atoms with Crippen LogP contribution >= 0.6 is 0 Å². The molecule has 37 heavy (non-hydrogen) atoms. The molecule has 3 heterocycles. The minimum absolute atomic E-state index is 0.559. The summed E-state index contributed by atoms with van der Waals surface area (Å²) in [6.07, 6.45) is 1.80. The number of aryl methyl sites for hydroxylation is 1. The number of anilines is 6. The first-order valence-electron chi connectivity index (χ1n) is 13.0. The molecule has 0 atom stereocenters. The summed E-state index contributed by atoms with van der Waals surface area (Å²) in [5.74, 6) is 2.21. The highest BCUT2D eigenvalue weighted by Gasteiger charge is 2.18. The average molecular weight is 505 g/mol. The van der Waals surface area contributed by atoms with E-state index in [1.54, 1.807) is 13.3 Å². The van der Waals surface area contributed by atoms with Crippen LogP contribution in [0.15, 0.2) is 48.7 Å². The summed E-state index contributed by atoms with van der Waals surface area (Å²) >= 11 is 0. The molecule has 3 aromatic rings. The van der Waals surface area contributed by atoms with Gasteiger partial charge in [-0.3, -0.25) is 0 Å². The Kier molecular flexibility index (Phi) is 7.91. The van der Waals surface area contributed by atoms with Crippen LogP contribution in [0.4, 0.5) is 34.5 Å². The molecule has 0 unspecified atom stereocenters. The number of hydrogen-bond acceptors (Lipinski definition) is 9. The number of ether oxygens (including phenoxy) is 3. The predicted octanol–water partition coefficient (Wildman–Crippen LogP) is 4.37. The fourth-order valence-corrected chi connectivity index (χ4v) is 4.83. The van der Waals surface area contributed by atoms with E-state index in [1.165, 1.54) is 11.4 Å². The van der Waals surface area contributed by atoms with Gasteiger partial charge in [0.05, 0.1) is 33.5 Å². The Morgan fingerprint density at radius 3 is 2.16 bits per heavy atom. The lowest BCUT2D eigenvalue weighted by Gasteiger charge is -2.33. The van der Waals surface area contributed by atoms with Crippen LogP contribution in [0.25, 0.3) is 0 Å². The van der Waals surface area contributed by atoms with E-state index in [9.17, 15) is 0 Å². The summed E-state index contributed by atoms with van der Waals surface area (Å²) in [5, 5.41) is 3.48. The van der Waals surface area contributed by atoms with E-state index < -0.39 is 0 Å². The Morgan fingerprint density at radius 1 is 0.919 bits per heavy atom. The molecule has 1 N–H and O–H groups in total. The third-order valence-corrected chi connectivity index (χ3v) is 6.85. The molecule has 1 aromatic heterocycles. The average Bonchev–Trinajstić information content (AvgIpc) is 2.95. The first-order valence-corrected chi connectivity index (χ1v) is 13.0. The van der Waals surface area contributed by atoms with Gasteiger partial charge in [-0.1, -0.05) is 6.07 Å². The van der Waals surface area contributed by atoms with Crippen molar-refractivity contribution >= 4 is 34.5 Å². The Bertz CT molecular complexity index is 1160. The van der Waals surface area contributed by atoms with Crippen LogP contribution in [-0.2, 0) is 9.47 Å². The highest BCUT2D eigenvalue weighted by atomic mass is 16.5. The molecule has 0 aliphatic carbocycles. The molecule has 5 rings (SSSR count). The van der Waals surface area contributed by atoms with Gasteiger partial charge in [-0.05, 0) is 49.7 Å². The van der Waals surface area contributed by atoms with Crippen molar-refractivity contribution in [1.82, 2.24) is 9.97 Å². The Hall–Kier alpha value is -3.56. The van der Waals surface area contributed by atoms with Gasteiger partial charge in [0, 0.05) is 67.7 Å². The summed E-state index contributed by atoms with van der Waals surface area (Å²) in [4.78, 5) is 16.4. The molecule has 0 radical (unpaired) electrons. The molecule has 9 heteroatoms. The van der Waals surface area contributed by atoms with Gasteiger partial charge in [0.2, 0.25) is 5.95 Å². The van der Waals surface area contributed by atoms with Crippen LogP contribution in [0.2, 0.25) is 0 Å². The standard InChI is InChI=1S/C28H36N6O3/c1-4-34(26-20-25(35-3)6-5-21(26)2)27-7-8-29-28(31-27)30-22-17-23(32-9-13-36-14-10-32)19-24(18-22)33-11-15-37-16-12-33/h5-8,17-20H,4,9-16H2,1-3H3,(H,29,30,31). The van der Waals surface area contributed by atoms with E-state index >= 15 is 0 Å². The fourth-order valence-electron chi connectivity index (χ4n) is 4.83. The topological polar surface area (TPSA) is 75.2 Å². The molecule has 2 fully saturated rings. The monoisotopic (exact) mass is 504 g/mol. The minimum atomic E-state index is 0.559. The second kappa shape index (κ2) is 11.7. The van der Waals surface area contributed by atoms with Crippen molar-refractivity contribution in [3.8, 4) is 5.75 Å². The number of morpholine rings is 2. The lowest BCUT2D eigenvalue weighted by molar-refractivity contribution is 0.122. The highest BCUT2D eigenvalue weighted by molar-refractivity contribution is 5.72. The third-order valence-electron chi connectivity index (χ3n) is 6.85. The van der Waals surface area contributed by atoms with Gasteiger partial charge < -0.3 is 34.2 Å². The van der Waals surface area contributed by atoms with Gasteiger partial charge in [0.15, 0.2) is 0 Å². The first kappa shape index (κ1) is 25.1. The summed E-state index contributed by atoms with van der Waals surface area (Å²) in [6.45, 7) is 11.5. The van der Waals surface area contributed by atoms with E-state index in [4.69, 9.17) is 19.2 Å². The first-order chi connectivity index (χ1) is 18.1. The number of benzene rings is 2. The number of methoxy groups -OCH3 is 1. The van der Waals surface area contributed by atoms with Crippen LogP contribution in [0, 0.1) is 6.92 Å².